The van der Waals surface area contributed by atoms with E-state index in [2.05, 4.69) is 0 Å². The van der Waals surface area contributed by atoms with Crippen LogP contribution < -0.4 is 0 Å². The molecule has 2 heteroatoms. The fraction of sp³-hybridized carbons (Fsp3) is 0.444. The molecule has 0 radical (unpaired) electrons. The molecular weight excluding hydrogens is 140 g/mol. The summed E-state index contributed by atoms with van der Waals surface area (Å²) in [5.74, 6) is 0.136. The first-order valence-corrected chi connectivity index (χ1v) is 3.65. The molecule has 0 aliphatic heterocycles. The smallest absolute Gasteiger partial charge is 0.155 e. The highest BCUT2D eigenvalue weighted by Gasteiger charge is 2.12. The standard InChI is InChI=1S/C9H12O2/c1-7(10)8-4-3-5-9(6-8)11-2/h3-5,9H,6H2,1-2H3. The Kier molecular flexibility index (Phi) is 2.60. The van der Waals surface area contributed by atoms with Crippen LogP contribution in [0.1, 0.15) is 13.3 Å². The van der Waals surface area contributed by atoms with Crippen LogP contribution in [0.3, 0.4) is 0 Å². The van der Waals surface area contributed by atoms with Crippen molar-refractivity contribution in [2.24, 2.45) is 0 Å². The van der Waals surface area contributed by atoms with Gasteiger partial charge < -0.3 is 4.74 Å². The molecule has 0 aromatic rings. The van der Waals surface area contributed by atoms with Gasteiger partial charge in [-0.2, -0.15) is 0 Å². The minimum atomic E-state index is 0.0823. The summed E-state index contributed by atoms with van der Waals surface area (Å²) >= 11 is 0. The van der Waals surface area contributed by atoms with Gasteiger partial charge in [-0.1, -0.05) is 18.2 Å². The predicted octanol–water partition coefficient (Wildman–Crippen LogP) is 1.48. The van der Waals surface area contributed by atoms with Crippen LogP contribution in [0, 0.1) is 0 Å². The molecule has 0 aromatic heterocycles. The van der Waals surface area contributed by atoms with Crippen molar-refractivity contribution in [3.05, 3.63) is 23.8 Å². The van der Waals surface area contributed by atoms with E-state index in [-0.39, 0.29) is 11.9 Å². The molecule has 1 rings (SSSR count). The highest BCUT2D eigenvalue weighted by atomic mass is 16.5. The van der Waals surface area contributed by atoms with Gasteiger partial charge in [-0.25, -0.2) is 0 Å². The average Bonchev–Trinajstić information content (AvgIpc) is 2.05. The third-order valence-electron chi connectivity index (χ3n) is 1.80. The van der Waals surface area contributed by atoms with Crippen molar-refractivity contribution < 1.29 is 9.53 Å². The molecule has 1 unspecified atom stereocenters. The maximum absolute atomic E-state index is 10.9. The van der Waals surface area contributed by atoms with Crippen molar-refractivity contribution in [1.29, 1.82) is 0 Å². The van der Waals surface area contributed by atoms with Crippen LogP contribution in [0.2, 0.25) is 0 Å². The molecule has 0 bridgehead atoms. The van der Waals surface area contributed by atoms with E-state index in [0.29, 0.717) is 6.42 Å². The molecule has 60 valence electrons. The quantitative estimate of drug-likeness (QED) is 0.599. The molecule has 2 nitrogen and oxygen atoms in total. The van der Waals surface area contributed by atoms with E-state index < -0.39 is 0 Å². The van der Waals surface area contributed by atoms with Crippen molar-refractivity contribution >= 4 is 5.78 Å². The molecule has 0 spiro atoms. The highest BCUT2D eigenvalue weighted by Crippen LogP contribution is 2.15. The molecule has 0 heterocycles. The minimum Gasteiger partial charge on any atom is -0.377 e. The zero-order valence-corrected chi connectivity index (χ0v) is 6.83. The molecule has 0 fully saturated rings. The van der Waals surface area contributed by atoms with Crippen LogP contribution in [0.5, 0.6) is 0 Å². The van der Waals surface area contributed by atoms with E-state index in [1.165, 1.54) is 0 Å². The number of hydrogen-bond acceptors (Lipinski definition) is 2. The lowest BCUT2D eigenvalue weighted by molar-refractivity contribution is -0.114. The van der Waals surface area contributed by atoms with E-state index in [4.69, 9.17) is 4.74 Å². The number of methoxy groups -OCH3 is 1. The molecule has 11 heavy (non-hydrogen) atoms. The van der Waals surface area contributed by atoms with Gasteiger partial charge in [-0.15, -0.1) is 0 Å². The SMILES string of the molecule is COC1C=CC=C(C(C)=O)C1. The second kappa shape index (κ2) is 3.49. The zero-order chi connectivity index (χ0) is 8.27. The van der Waals surface area contributed by atoms with Gasteiger partial charge in [0.05, 0.1) is 6.10 Å². The highest BCUT2D eigenvalue weighted by molar-refractivity contribution is 5.93. The number of ketones is 1. The number of carbonyl (C=O) groups is 1. The van der Waals surface area contributed by atoms with Crippen molar-refractivity contribution in [1.82, 2.24) is 0 Å². The van der Waals surface area contributed by atoms with Crippen molar-refractivity contribution in [2.45, 2.75) is 19.4 Å². The molecule has 1 aliphatic carbocycles. The van der Waals surface area contributed by atoms with E-state index in [9.17, 15) is 4.79 Å². The number of carbonyl (C=O) groups excluding carboxylic acids is 1. The number of allylic oxidation sites excluding steroid dienone is 2. The van der Waals surface area contributed by atoms with Crippen molar-refractivity contribution in [3.8, 4) is 0 Å². The lowest BCUT2D eigenvalue weighted by atomic mass is 10.00. The van der Waals surface area contributed by atoms with Crippen molar-refractivity contribution in [2.75, 3.05) is 7.11 Å². The molecular formula is C9H12O2. The second-order valence-electron chi connectivity index (χ2n) is 2.61. The number of ether oxygens (including phenoxy) is 1. The summed E-state index contributed by atoms with van der Waals surface area (Å²) in [5, 5.41) is 0. The zero-order valence-electron chi connectivity index (χ0n) is 6.83. The molecule has 0 aromatic carbocycles. The summed E-state index contributed by atoms with van der Waals surface area (Å²) in [6, 6.07) is 0. The van der Waals surface area contributed by atoms with Gasteiger partial charge in [-0.05, 0) is 12.5 Å². The Hall–Kier alpha value is -0.890. The van der Waals surface area contributed by atoms with Crippen LogP contribution >= 0.6 is 0 Å². The van der Waals surface area contributed by atoms with Gasteiger partial charge in [0.1, 0.15) is 0 Å². The summed E-state index contributed by atoms with van der Waals surface area (Å²) in [6.07, 6.45) is 6.46. The normalized spacial score (nSPS) is 23.1. The Balaban J connectivity index is 2.64. The average molecular weight is 152 g/mol. The largest absolute Gasteiger partial charge is 0.377 e. The third-order valence-corrected chi connectivity index (χ3v) is 1.80. The summed E-state index contributed by atoms with van der Waals surface area (Å²) in [6.45, 7) is 1.58. The van der Waals surface area contributed by atoms with Gasteiger partial charge in [0.15, 0.2) is 5.78 Å². The van der Waals surface area contributed by atoms with E-state index in [1.54, 1.807) is 14.0 Å². The fourth-order valence-corrected chi connectivity index (χ4v) is 1.07. The Morgan fingerprint density at radius 3 is 3.00 bits per heavy atom. The summed E-state index contributed by atoms with van der Waals surface area (Å²) in [5.41, 5.74) is 0.847. The van der Waals surface area contributed by atoms with Crippen LogP contribution in [-0.2, 0) is 9.53 Å². The van der Waals surface area contributed by atoms with Crippen LogP contribution in [0.15, 0.2) is 23.8 Å². The lowest BCUT2D eigenvalue weighted by Gasteiger charge is -2.14. The summed E-state index contributed by atoms with van der Waals surface area (Å²) in [4.78, 5) is 10.9. The molecule has 0 saturated carbocycles. The molecule has 1 atom stereocenters. The topological polar surface area (TPSA) is 26.3 Å². The maximum Gasteiger partial charge on any atom is 0.155 e. The van der Waals surface area contributed by atoms with E-state index in [0.717, 1.165) is 5.57 Å². The van der Waals surface area contributed by atoms with Crippen LogP contribution in [0.25, 0.3) is 0 Å². The Labute approximate surface area is 66.5 Å². The molecule has 0 saturated heterocycles. The molecule has 0 N–H and O–H groups in total. The van der Waals surface area contributed by atoms with Crippen LogP contribution in [-0.4, -0.2) is 19.0 Å². The first-order chi connectivity index (χ1) is 5.24. The second-order valence-corrected chi connectivity index (χ2v) is 2.61. The minimum absolute atomic E-state index is 0.0823. The van der Waals surface area contributed by atoms with Crippen LogP contribution in [0.4, 0.5) is 0 Å². The van der Waals surface area contributed by atoms with E-state index >= 15 is 0 Å². The number of Topliss-reactive ketones (excluding diaryl/α,β-unsaturated/α-hetero) is 1. The van der Waals surface area contributed by atoms with Gasteiger partial charge in [0.2, 0.25) is 0 Å². The Morgan fingerprint density at radius 1 is 1.73 bits per heavy atom. The Bertz CT molecular complexity index is 214. The van der Waals surface area contributed by atoms with Crippen molar-refractivity contribution in [3.63, 3.8) is 0 Å². The monoisotopic (exact) mass is 152 g/mol. The van der Waals surface area contributed by atoms with Gasteiger partial charge in [0.25, 0.3) is 0 Å². The maximum atomic E-state index is 10.9. The summed E-state index contributed by atoms with van der Waals surface area (Å²) in [7, 11) is 1.65. The predicted molar refractivity (Wildman–Crippen MR) is 43.3 cm³/mol. The number of hydrogen-bond donors (Lipinski definition) is 0. The lowest BCUT2D eigenvalue weighted by Crippen LogP contribution is -2.13. The molecule has 0 amide bonds. The molecule has 1 aliphatic rings. The fourth-order valence-electron chi connectivity index (χ4n) is 1.07. The number of rotatable bonds is 2. The van der Waals surface area contributed by atoms with E-state index in [1.807, 2.05) is 18.2 Å². The first-order valence-electron chi connectivity index (χ1n) is 3.65. The Morgan fingerprint density at radius 2 is 2.45 bits per heavy atom. The van der Waals surface area contributed by atoms with Gasteiger partial charge in [-0.3, -0.25) is 4.79 Å². The first kappa shape index (κ1) is 8.21. The summed E-state index contributed by atoms with van der Waals surface area (Å²) < 4.78 is 5.09. The third kappa shape index (κ3) is 2.02. The van der Waals surface area contributed by atoms with Gasteiger partial charge in [0, 0.05) is 13.5 Å². The van der Waals surface area contributed by atoms with Gasteiger partial charge >= 0.3 is 0 Å².